The number of hydrogen-bond donors (Lipinski definition) is 1. The summed E-state index contributed by atoms with van der Waals surface area (Å²) in [5.74, 6) is -0.286. The molecule has 1 atom stereocenters. The molecular weight excluding hydrogens is 276 g/mol. The SMILES string of the molecule is CCOC(=O)C(N)COc1ccc([N+](=O)[O-])c(Cl)c1. The molecule has 2 N–H and O–H groups in total. The van der Waals surface area contributed by atoms with Gasteiger partial charge in [-0.2, -0.15) is 0 Å². The van der Waals surface area contributed by atoms with Gasteiger partial charge in [-0.05, 0) is 13.0 Å². The summed E-state index contributed by atoms with van der Waals surface area (Å²) in [5, 5.41) is 10.5. The van der Waals surface area contributed by atoms with Crippen molar-refractivity contribution in [1.29, 1.82) is 0 Å². The van der Waals surface area contributed by atoms with Crippen LogP contribution in [0.1, 0.15) is 6.92 Å². The molecule has 7 nitrogen and oxygen atoms in total. The number of halogens is 1. The van der Waals surface area contributed by atoms with Crippen LogP contribution in [-0.2, 0) is 9.53 Å². The molecule has 0 bridgehead atoms. The van der Waals surface area contributed by atoms with E-state index < -0.39 is 16.9 Å². The number of hydrogen-bond acceptors (Lipinski definition) is 6. The fourth-order valence-corrected chi connectivity index (χ4v) is 1.47. The smallest absolute Gasteiger partial charge is 0.326 e. The van der Waals surface area contributed by atoms with Crippen LogP contribution in [0.15, 0.2) is 18.2 Å². The number of nitrogens with zero attached hydrogens (tertiary/aromatic N) is 1. The van der Waals surface area contributed by atoms with E-state index >= 15 is 0 Å². The van der Waals surface area contributed by atoms with E-state index in [2.05, 4.69) is 0 Å². The van der Waals surface area contributed by atoms with Gasteiger partial charge in [0.05, 0.1) is 11.5 Å². The molecule has 8 heteroatoms. The lowest BCUT2D eigenvalue weighted by Gasteiger charge is -2.12. The van der Waals surface area contributed by atoms with Crippen molar-refractivity contribution < 1.29 is 19.2 Å². The molecule has 1 unspecified atom stereocenters. The van der Waals surface area contributed by atoms with E-state index in [4.69, 9.17) is 26.8 Å². The second kappa shape index (κ2) is 6.91. The van der Waals surface area contributed by atoms with Gasteiger partial charge in [-0.3, -0.25) is 14.9 Å². The molecule has 19 heavy (non-hydrogen) atoms. The Bertz CT molecular complexity index is 480. The molecule has 0 heterocycles. The Kier molecular flexibility index (Phi) is 5.53. The topological polar surface area (TPSA) is 105 Å². The van der Waals surface area contributed by atoms with Gasteiger partial charge in [0.2, 0.25) is 0 Å². The van der Waals surface area contributed by atoms with E-state index in [0.717, 1.165) is 0 Å². The maximum absolute atomic E-state index is 11.2. The molecule has 0 aliphatic rings. The summed E-state index contributed by atoms with van der Waals surface area (Å²) in [6.07, 6.45) is 0. The van der Waals surface area contributed by atoms with Crippen LogP contribution in [0.3, 0.4) is 0 Å². The van der Waals surface area contributed by atoms with Crippen LogP contribution in [0.2, 0.25) is 5.02 Å². The van der Waals surface area contributed by atoms with E-state index in [1.54, 1.807) is 6.92 Å². The van der Waals surface area contributed by atoms with Crippen molar-refractivity contribution in [3.8, 4) is 5.75 Å². The zero-order valence-corrected chi connectivity index (χ0v) is 10.9. The number of carbonyl (C=O) groups is 1. The molecule has 0 radical (unpaired) electrons. The largest absolute Gasteiger partial charge is 0.491 e. The predicted molar refractivity (Wildman–Crippen MR) is 68.2 cm³/mol. The molecule has 0 aliphatic heterocycles. The predicted octanol–water partition coefficient (Wildman–Crippen LogP) is 1.52. The van der Waals surface area contributed by atoms with Crippen LogP contribution in [0, 0.1) is 10.1 Å². The summed E-state index contributed by atoms with van der Waals surface area (Å²) in [7, 11) is 0. The number of rotatable bonds is 6. The molecule has 1 rings (SSSR count). The molecule has 0 fully saturated rings. The van der Waals surface area contributed by atoms with Crippen molar-refractivity contribution in [2.75, 3.05) is 13.2 Å². The number of nitrogens with two attached hydrogens (primary N) is 1. The Morgan fingerprint density at radius 3 is 2.79 bits per heavy atom. The van der Waals surface area contributed by atoms with E-state index in [9.17, 15) is 14.9 Å². The molecule has 1 aromatic carbocycles. The summed E-state index contributed by atoms with van der Waals surface area (Å²) >= 11 is 5.71. The van der Waals surface area contributed by atoms with Gasteiger partial charge in [-0.15, -0.1) is 0 Å². The van der Waals surface area contributed by atoms with Gasteiger partial charge in [-0.25, -0.2) is 0 Å². The number of benzene rings is 1. The fourth-order valence-electron chi connectivity index (χ4n) is 1.23. The van der Waals surface area contributed by atoms with E-state index in [0.29, 0.717) is 0 Å². The molecule has 1 aromatic rings. The first-order chi connectivity index (χ1) is 8.95. The second-order valence-electron chi connectivity index (χ2n) is 3.54. The van der Waals surface area contributed by atoms with Gasteiger partial charge in [0.15, 0.2) is 0 Å². The maximum atomic E-state index is 11.2. The van der Waals surface area contributed by atoms with Crippen molar-refractivity contribution >= 4 is 23.3 Å². The standard InChI is InChI=1S/C11H13ClN2O5/c1-2-18-11(15)9(13)6-19-7-3-4-10(14(16)17)8(12)5-7/h3-5,9H,2,6,13H2,1H3. The molecule has 0 aliphatic carbocycles. The van der Waals surface area contributed by atoms with Crippen LogP contribution < -0.4 is 10.5 Å². The maximum Gasteiger partial charge on any atom is 0.326 e. The van der Waals surface area contributed by atoms with Gasteiger partial charge in [-0.1, -0.05) is 11.6 Å². The van der Waals surface area contributed by atoms with Crippen LogP contribution in [-0.4, -0.2) is 30.1 Å². The highest BCUT2D eigenvalue weighted by molar-refractivity contribution is 6.32. The lowest BCUT2D eigenvalue weighted by Crippen LogP contribution is -2.37. The van der Waals surface area contributed by atoms with Gasteiger partial charge in [0.25, 0.3) is 5.69 Å². The lowest BCUT2D eigenvalue weighted by molar-refractivity contribution is -0.384. The molecule has 0 aromatic heterocycles. The Morgan fingerprint density at radius 2 is 2.26 bits per heavy atom. The normalized spacial score (nSPS) is 11.7. The van der Waals surface area contributed by atoms with E-state index in [-0.39, 0.29) is 29.7 Å². The number of esters is 1. The molecule has 0 saturated heterocycles. The first-order valence-corrected chi connectivity index (χ1v) is 5.82. The van der Waals surface area contributed by atoms with Gasteiger partial charge < -0.3 is 15.2 Å². The monoisotopic (exact) mass is 288 g/mol. The Labute approximate surface area is 114 Å². The first-order valence-electron chi connectivity index (χ1n) is 5.44. The van der Waals surface area contributed by atoms with Crippen molar-refractivity contribution in [2.45, 2.75) is 13.0 Å². The van der Waals surface area contributed by atoms with Crippen LogP contribution in [0.25, 0.3) is 0 Å². The first kappa shape index (κ1) is 15.2. The Balaban J connectivity index is 2.61. The quantitative estimate of drug-likeness (QED) is 0.483. The van der Waals surface area contributed by atoms with Crippen LogP contribution >= 0.6 is 11.6 Å². The molecular formula is C11H13ClN2O5. The lowest BCUT2D eigenvalue weighted by atomic mass is 10.3. The van der Waals surface area contributed by atoms with Gasteiger partial charge in [0.1, 0.15) is 23.4 Å². The zero-order valence-electron chi connectivity index (χ0n) is 10.2. The summed E-state index contributed by atoms with van der Waals surface area (Å²) < 4.78 is 9.93. The van der Waals surface area contributed by atoms with Gasteiger partial charge >= 0.3 is 5.97 Å². The molecule has 0 spiro atoms. The fraction of sp³-hybridized carbons (Fsp3) is 0.364. The van der Waals surface area contributed by atoms with Crippen molar-refractivity contribution in [3.05, 3.63) is 33.3 Å². The summed E-state index contributed by atoms with van der Waals surface area (Å²) in [6.45, 7) is 1.80. The Morgan fingerprint density at radius 1 is 1.58 bits per heavy atom. The number of ether oxygens (including phenoxy) is 2. The third kappa shape index (κ3) is 4.38. The highest BCUT2D eigenvalue weighted by atomic mass is 35.5. The molecule has 104 valence electrons. The molecule has 0 saturated carbocycles. The van der Waals surface area contributed by atoms with E-state index in [1.807, 2.05) is 0 Å². The third-order valence-corrected chi connectivity index (χ3v) is 2.44. The zero-order chi connectivity index (χ0) is 14.4. The second-order valence-corrected chi connectivity index (χ2v) is 3.95. The average molecular weight is 289 g/mol. The number of nitro groups is 1. The van der Waals surface area contributed by atoms with Crippen molar-refractivity contribution in [2.24, 2.45) is 5.73 Å². The Hall–Kier alpha value is -1.86. The highest BCUT2D eigenvalue weighted by Gasteiger charge is 2.17. The van der Waals surface area contributed by atoms with Gasteiger partial charge in [0, 0.05) is 12.1 Å². The van der Waals surface area contributed by atoms with E-state index in [1.165, 1.54) is 18.2 Å². The number of nitro benzene ring substituents is 1. The minimum Gasteiger partial charge on any atom is -0.491 e. The third-order valence-electron chi connectivity index (χ3n) is 2.13. The number of carbonyl (C=O) groups excluding carboxylic acids is 1. The summed E-state index contributed by atoms with van der Waals surface area (Å²) in [4.78, 5) is 21.2. The highest BCUT2D eigenvalue weighted by Crippen LogP contribution is 2.28. The summed E-state index contributed by atoms with van der Waals surface area (Å²) in [6, 6.07) is 2.96. The van der Waals surface area contributed by atoms with Crippen molar-refractivity contribution in [3.63, 3.8) is 0 Å². The average Bonchev–Trinajstić information content (AvgIpc) is 2.35. The van der Waals surface area contributed by atoms with Crippen LogP contribution in [0.5, 0.6) is 5.75 Å². The van der Waals surface area contributed by atoms with Crippen molar-refractivity contribution in [1.82, 2.24) is 0 Å². The summed E-state index contributed by atoms with van der Waals surface area (Å²) in [5.41, 5.74) is 5.31. The minimum atomic E-state index is -0.922. The molecule has 0 amide bonds. The minimum absolute atomic E-state index is 0.0489. The van der Waals surface area contributed by atoms with Crippen LogP contribution in [0.4, 0.5) is 5.69 Å².